The molecule has 25 heavy (non-hydrogen) atoms. The minimum Gasteiger partial charge on any atom is -0.504 e. The predicted octanol–water partition coefficient (Wildman–Crippen LogP) is 4.21. The van der Waals surface area contributed by atoms with Gasteiger partial charge in [0.2, 0.25) is 0 Å². The number of carbonyl (C=O) groups is 2. The van der Waals surface area contributed by atoms with E-state index in [4.69, 9.17) is 0 Å². The molecule has 2 aromatic rings. The fourth-order valence-electron chi connectivity index (χ4n) is 2.73. The summed E-state index contributed by atoms with van der Waals surface area (Å²) in [5.41, 5.74) is 3.70. The van der Waals surface area contributed by atoms with Crippen LogP contribution in [-0.4, -0.2) is 18.6 Å². The standard InChI is InChI=1S/C14H10N2S.C5H8O2.Ir/c1-15-9-16-10-5-2-3-7-12(10)17-13-8-4-6-11(15)14(13)16;1-4(6)3-5(2)7;/h2-4,6-9H,1H3;3H2,1-2H3;/q-2;;. The molecule has 0 bridgehead atoms. The minimum atomic E-state index is -0.0625. The van der Waals surface area contributed by atoms with E-state index in [0.717, 1.165) is 5.69 Å². The second-order valence-electron chi connectivity index (χ2n) is 5.79. The molecule has 0 N–H and O–H groups in total. The van der Waals surface area contributed by atoms with Crippen LogP contribution in [0.1, 0.15) is 20.3 Å². The number of nitrogens with zero attached hydrogens (tertiary/aromatic N) is 2. The largest absolute Gasteiger partial charge is 0.504 e. The molecule has 6 heteroatoms. The number of para-hydroxylation sites is 2. The fraction of sp³-hybridized carbons (Fsp3) is 0.211. The number of rotatable bonds is 2. The number of anilines is 3. The molecule has 4 nitrogen and oxygen atoms in total. The number of carbonyl (C=O) groups excluding carboxylic acids is 2. The maximum absolute atomic E-state index is 10.0. The van der Waals surface area contributed by atoms with E-state index in [1.807, 2.05) is 23.9 Å². The summed E-state index contributed by atoms with van der Waals surface area (Å²) in [7, 11) is 2.08. The van der Waals surface area contributed by atoms with E-state index in [1.54, 1.807) is 0 Å². The number of ketones is 2. The molecule has 2 aromatic carbocycles. The molecule has 0 aliphatic carbocycles. The molecular formula is C19H18IrN2O2S-2. The summed E-state index contributed by atoms with van der Waals surface area (Å²) in [5.74, 6) is -0.125. The van der Waals surface area contributed by atoms with Gasteiger partial charge in [0.1, 0.15) is 11.6 Å². The monoisotopic (exact) mass is 531 g/mol. The van der Waals surface area contributed by atoms with Crippen molar-refractivity contribution >= 4 is 40.4 Å². The Labute approximate surface area is 165 Å². The molecule has 4 rings (SSSR count). The van der Waals surface area contributed by atoms with Crippen LogP contribution in [0.5, 0.6) is 0 Å². The Morgan fingerprint density at radius 2 is 1.80 bits per heavy atom. The summed E-state index contributed by atoms with van der Waals surface area (Å²) in [6.07, 6.45) is 0.0833. The van der Waals surface area contributed by atoms with Crippen molar-refractivity contribution in [1.82, 2.24) is 0 Å². The number of fused-ring (bicyclic) bond motifs is 2. The Bertz CT molecular complexity index is 798. The van der Waals surface area contributed by atoms with E-state index >= 15 is 0 Å². The topological polar surface area (TPSA) is 40.6 Å². The molecule has 0 atom stereocenters. The Morgan fingerprint density at radius 1 is 1.12 bits per heavy atom. The predicted molar refractivity (Wildman–Crippen MR) is 96.7 cm³/mol. The molecule has 0 spiro atoms. The van der Waals surface area contributed by atoms with Gasteiger partial charge in [0, 0.05) is 36.4 Å². The van der Waals surface area contributed by atoms with Gasteiger partial charge in [-0.3, -0.25) is 9.59 Å². The fourth-order valence-corrected chi connectivity index (χ4v) is 3.82. The van der Waals surface area contributed by atoms with Crippen LogP contribution < -0.4 is 9.80 Å². The van der Waals surface area contributed by atoms with Gasteiger partial charge in [-0.25, -0.2) is 0 Å². The van der Waals surface area contributed by atoms with Crippen LogP contribution in [0.25, 0.3) is 0 Å². The van der Waals surface area contributed by atoms with Crippen LogP contribution in [0.15, 0.2) is 46.2 Å². The summed E-state index contributed by atoms with van der Waals surface area (Å²) in [6.45, 7) is 4.94. The zero-order valence-corrected chi connectivity index (χ0v) is 17.4. The molecule has 2 aliphatic heterocycles. The van der Waals surface area contributed by atoms with Crippen molar-refractivity contribution < 1.29 is 29.7 Å². The number of hydrogen-bond donors (Lipinski definition) is 0. The van der Waals surface area contributed by atoms with Gasteiger partial charge in [0.25, 0.3) is 0 Å². The van der Waals surface area contributed by atoms with Gasteiger partial charge in [0.05, 0.1) is 6.42 Å². The first kappa shape index (κ1) is 19.7. The van der Waals surface area contributed by atoms with Crippen molar-refractivity contribution in [2.24, 2.45) is 0 Å². The maximum atomic E-state index is 10.0. The second kappa shape index (κ2) is 8.17. The molecular weight excluding hydrogens is 513 g/mol. The van der Waals surface area contributed by atoms with E-state index in [9.17, 15) is 9.59 Å². The Kier molecular flexibility index (Phi) is 6.44. The second-order valence-corrected chi connectivity index (χ2v) is 6.87. The molecule has 0 aromatic heterocycles. The Morgan fingerprint density at radius 3 is 2.44 bits per heavy atom. The van der Waals surface area contributed by atoms with Crippen LogP contribution in [0.4, 0.5) is 17.1 Å². The molecule has 0 unspecified atom stereocenters. The van der Waals surface area contributed by atoms with Gasteiger partial charge in [0.15, 0.2) is 0 Å². The zero-order chi connectivity index (χ0) is 17.3. The maximum Gasteiger partial charge on any atom is 0.137 e. The van der Waals surface area contributed by atoms with Gasteiger partial charge >= 0.3 is 0 Å². The van der Waals surface area contributed by atoms with E-state index in [0.29, 0.717) is 0 Å². The molecule has 0 fully saturated rings. The van der Waals surface area contributed by atoms with Gasteiger partial charge < -0.3 is 9.80 Å². The quantitative estimate of drug-likeness (QED) is 0.430. The van der Waals surface area contributed by atoms with Crippen molar-refractivity contribution in [2.75, 3.05) is 16.8 Å². The van der Waals surface area contributed by atoms with Crippen LogP contribution in [0.3, 0.4) is 0 Å². The number of benzene rings is 2. The summed E-state index contributed by atoms with van der Waals surface area (Å²) in [4.78, 5) is 27.0. The third-order valence-corrected chi connectivity index (χ3v) is 4.74. The molecule has 0 saturated carbocycles. The first-order valence-corrected chi connectivity index (χ1v) is 8.46. The van der Waals surface area contributed by atoms with Crippen LogP contribution in [0.2, 0.25) is 0 Å². The normalized spacial score (nSPS) is 13.1. The SMILES string of the molecule is CC(=O)CC(C)=O.CN1[CH-]N2c3[c-]cccc3Sc3cccc1c32.[Ir]. The zero-order valence-electron chi connectivity index (χ0n) is 14.2. The van der Waals surface area contributed by atoms with Gasteiger partial charge in [-0.05, 0) is 33.0 Å². The average molecular weight is 531 g/mol. The summed E-state index contributed by atoms with van der Waals surface area (Å²) in [5, 5.41) is 0. The van der Waals surface area contributed by atoms with Gasteiger partial charge in [-0.1, -0.05) is 16.6 Å². The van der Waals surface area contributed by atoms with Crippen LogP contribution >= 0.6 is 11.8 Å². The van der Waals surface area contributed by atoms with Crippen molar-refractivity contribution in [2.45, 2.75) is 30.1 Å². The third-order valence-electron chi connectivity index (χ3n) is 3.64. The number of hydrogen-bond acceptors (Lipinski definition) is 5. The molecule has 133 valence electrons. The van der Waals surface area contributed by atoms with Gasteiger partial charge in [-0.2, -0.15) is 42.7 Å². The summed E-state index contributed by atoms with van der Waals surface area (Å²) in [6, 6.07) is 16.0. The molecule has 2 heterocycles. The van der Waals surface area contributed by atoms with E-state index in [2.05, 4.69) is 53.8 Å². The molecule has 0 amide bonds. The third kappa shape index (κ3) is 4.14. The molecule has 2 aliphatic rings. The number of Topliss-reactive ketones (excluding diaryl/α,β-unsaturated/α-hetero) is 2. The Balaban J connectivity index is 0.000000246. The first-order valence-electron chi connectivity index (χ1n) is 7.65. The Hall–Kier alpha value is -1.62. The first-order chi connectivity index (χ1) is 11.5. The van der Waals surface area contributed by atoms with Crippen LogP contribution in [-0.2, 0) is 29.7 Å². The average Bonchev–Trinajstić information content (AvgIpc) is 2.86. The smallest absolute Gasteiger partial charge is 0.137 e. The van der Waals surface area contributed by atoms with Crippen molar-refractivity contribution in [3.8, 4) is 0 Å². The summed E-state index contributed by atoms with van der Waals surface area (Å²) >= 11 is 1.82. The van der Waals surface area contributed by atoms with Crippen LogP contribution in [0, 0.1) is 12.7 Å². The van der Waals surface area contributed by atoms with Crippen molar-refractivity contribution in [3.05, 3.63) is 49.1 Å². The summed E-state index contributed by atoms with van der Waals surface area (Å²) < 4.78 is 0. The minimum absolute atomic E-state index is 0. The van der Waals surface area contributed by atoms with E-state index in [1.165, 1.54) is 35.0 Å². The van der Waals surface area contributed by atoms with Crippen molar-refractivity contribution in [1.29, 1.82) is 0 Å². The van der Waals surface area contributed by atoms with Crippen molar-refractivity contribution in [3.63, 3.8) is 0 Å². The molecule has 1 radical (unpaired) electrons. The molecule has 0 saturated heterocycles. The van der Waals surface area contributed by atoms with E-state index < -0.39 is 0 Å². The van der Waals surface area contributed by atoms with E-state index in [-0.39, 0.29) is 38.1 Å². The van der Waals surface area contributed by atoms with Gasteiger partial charge in [-0.15, -0.1) is 0 Å².